The van der Waals surface area contributed by atoms with E-state index in [0.29, 0.717) is 0 Å². The minimum atomic E-state index is -0.0357. The SMILES string of the molecule is C#CCN(CCC)CC(C)(N)C1CC1. The van der Waals surface area contributed by atoms with Crippen LogP contribution >= 0.6 is 0 Å². The Morgan fingerprint density at radius 1 is 1.57 bits per heavy atom. The molecule has 14 heavy (non-hydrogen) atoms. The van der Waals surface area contributed by atoms with E-state index in [1.807, 2.05) is 0 Å². The van der Waals surface area contributed by atoms with Crippen molar-refractivity contribution >= 4 is 0 Å². The fourth-order valence-corrected chi connectivity index (χ4v) is 2.01. The molecule has 0 radical (unpaired) electrons. The maximum atomic E-state index is 6.27. The zero-order valence-corrected chi connectivity index (χ0v) is 9.42. The predicted octanol–water partition coefficient (Wildman–Crippen LogP) is 1.46. The molecular weight excluding hydrogens is 172 g/mol. The van der Waals surface area contributed by atoms with Crippen LogP contribution in [0.2, 0.25) is 0 Å². The lowest BCUT2D eigenvalue weighted by atomic mass is 9.96. The number of terminal acetylenes is 1. The van der Waals surface area contributed by atoms with E-state index in [0.717, 1.165) is 32.0 Å². The molecule has 2 N–H and O–H groups in total. The predicted molar refractivity (Wildman–Crippen MR) is 60.9 cm³/mol. The molecule has 0 aromatic heterocycles. The van der Waals surface area contributed by atoms with E-state index in [-0.39, 0.29) is 5.54 Å². The second-order valence-corrected chi connectivity index (χ2v) is 4.69. The van der Waals surface area contributed by atoms with Crippen molar-refractivity contribution in [1.29, 1.82) is 0 Å². The van der Waals surface area contributed by atoms with Gasteiger partial charge in [0.05, 0.1) is 6.54 Å². The van der Waals surface area contributed by atoms with Crippen molar-refractivity contribution in [3.8, 4) is 12.3 Å². The molecule has 1 fully saturated rings. The van der Waals surface area contributed by atoms with Gasteiger partial charge in [0.2, 0.25) is 0 Å². The van der Waals surface area contributed by atoms with Crippen LogP contribution in [0.3, 0.4) is 0 Å². The van der Waals surface area contributed by atoms with Crippen molar-refractivity contribution in [1.82, 2.24) is 4.90 Å². The van der Waals surface area contributed by atoms with Gasteiger partial charge in [-0.2, -0.15) is 0 Å². The average Bonchev–Trinajstić information content (AvgIpc) is 2.86. The lowest BCUT2D eigenvalue weighted by Crippen LogP contribution is -2.49. The summed E-state index contributed by atoms with van der Waals surface area (Å²) in [5.41, 5.74) is 6.24. The zero-order chi connectivity index (χ0) is 10.6. The van der Waals surface area contributed by atoms with Gasteiger partial charge in [-0.3, -0.25) is 4.90 Å². The first-order valence-corrected chi connectivity index (χ1v) is 5.55. The van der Waals surface area contributed by atoms with Gasteiger partial charge in [-0.05, 0) is 38.6 Å². The van der Waals surface area contributed by atoms with Crippen LogP contribution in [-0.2, 0) is 0 Å². The van der Waals surface area contributed by atoms with Crippen molar-refractivity contribution in [3.05, 3.63) is 0 Å². The lowest BCUT2D eigenvalue weighted by Gasteiger charge is -2.31. The topological polar surface area (TPSA) is 29.3 Å². The summed E-state index contributed by atoms with van der Waals surface area (Å²) < 4.78 is 0. The fourth-order valence-electron chi connectivity index (χ4n) is 2.01. The standard InChI is InChI=1S/C12H22N2/c1-4-8-14(9-5-2)10-12(3,13)11-6-7-11/h1,11H,5-10,13H2,2-3H3. The van der Waals surface area contributed by atoms with Crippen molar-refractivity contribution < 1.29 is 0 Å². The van der Waals surface area contributed by atoms with Gasteiger partial charge in [-0.1, -0.05) is 12.8 Å². The molecule has 0 heterocycles. The van der Waals surface area contributed by atoms with Crippen LogP contribution in [0.5, 0.6) is 0 Å². The highest BCUT2D eigenvalue weighted by Gasteiger charge is 2.39. The first kappa shape index (κ1) is 11.6. The summed E-state index contributed by atoms with van der Waals surface area (Å²) in [6.07, 6.45) is 9.07. The Labute approximate surface area is 87.8 Å². The summed E-state index contributed by atoms with van der Waals surface area (Å²) in [7, 11) is 0. The Kier molecular flexibility index (Phi) is 3.97. The van der Waals surface area contributed by atoms with E-state index in [9.17, 15) is 0 Å². The number of rotatable bonds is 6. The molecule has 80 valence electrons. The molecule has 0 aromatic rings. The summed E-state index contributed by atoms with van der Waals surface area (Å²) in [6.45, 7) is 7.06. The third-order valence-electron chi connectivity index (χ3n) is 2.93. The van der Waals surface area contributed by atoms with Crippen molar-refractivity contribution in [2.75, 3.05) is 19.6 Å². The zero-order valence-electron chi connectivity index (χ0n) is 9.42. The van der Waals surface area contributed by atoms with Gasteiger partial charge in [0, 0.05) is 12.1 Å². The third-order valence-corrected chi connectivity index (χ3v) is 2.93. The maximum Gasteiger partial charge on any atom is 0.0599 e. The van der Waals surface area contributed by atoms with Crippen molar-refractivity contribution in [2.24, 2.45) is 11.7 Å². The summed E-state index contributed by atoms with van der Waals surface area (Å²) in [5.74, 6) is 3.43. The molecule has 2 heteroatoms. The number of nitrogens with two attached hydrogens (primary N) is 1. The minimum absolute atomic E-state index is 0.0357. The first-order chi connectivity index (χ1) is 6.60. The van der Waals surface area contributed by atoms with Gasteiger partial charge in [-0.15, -0.1) is 6.42 Å². The molecular formula is C12H22N2. The highest BCUT2D eigenvalue weighted by atomic mass is 15.1. The Bertz CT molecular complexity index is 211. The van der Waals surface area contributed by atoms with Crippen LogP contribution in [-0.4, -0.2) is 30.1 Å². The van der Waals surface area contributed by atoms with E-state index < -0.39 is 0 Å². The Hall–Kier alpha value is -0.520. The van der Waals surface area contributed by atoms with Crippen LogP contribution in [0.15, 0.2) is 0 Å². The Morgan fingerprint density at radius 2 is 2.21 bits per heavy atom. The van der Waals surface area contributed by atoms with E-state index in [2.05, 4.69) is 24.7 Å². The van der Waals surface area contributed by atoms with Gasteiger partial charge in [0.15, 0.2) is 0 Å². The van der Waals surface area contributed by atoms with E-state index in [1.54, 1.807) is 0 Å². The second kappa shape index (κ2) is 4.82. The quantitative estimate of drug-likeness (QED) is 0.649. The molecule has 0 spiro atoms. The number of hydrogen-bond acceptors (Lipinski definition) is 2. The molecule has 2 nitrogen and oxygen atoms in total. The Balaban J connectivity index is 2.40. The first-order valence-electron chi connectivity index (χ1n) is 5.55. The van der Waals surface area contributed by atoms with Gasteiger partial charge < -0.3 is 5.73 Å². The highest BCUT2D eigenvalue weighted by Crippen LogP contribution is 2.38. The molecule has 1 aliphatic rings. The molecule has 1 unspecified atom stereocenters. The van der Waals surface area contributed by atoms with Crippen LogP contribution < -0.4 is 5.73 Å². The smallest absolute Gasteiger partial charge is 0.0599 e. The summed E-state index contributed by atoms with van der Waals surface area (Å²) in [5, 5.41) is 0. The van der Waals surface area contributed by atoms with Gasteiger partial charge in [-0.25, -0.2) is 0 Å². The van der Waals surface area contributed by atoms with Crippen LogP contribution in [0.25, 0.3) is 0 Å². The van der Waals surface area contributed by atoms with Crippen molar-refractivity contribution in [2.45, 2.75) is 38.6 Å². The van der Waals surface area contributed by atoms with Gasteiger partial charge >= 0.3 is 0 Å². The van der Waals surface area contributed by atoms with Crippen LogP contribution in [0, 0.1) is 18.3 Å². The summed E-state index contributed by atoms with van der Waals surface area (Å²) >= 11 is 0. The molecule has 0 saturated heterocycles. The van der Waals surface area contributed by atoms with E-state index in [1.165, 1.54) is 12.8 Å². The van der Waals surface area contributed by atoms with Crippen molar-refractivity contribution in [3.63, 3.8) is 0 Å². The van der Waals surface area contributed by atoms with E-state index in [4.69, 9.17) is 12.2 Å². The van der Waals surface area contributed by atoms with Crippen LogP contribution in [0.4, 0.5) is 0 Å². The summed E-state index contributed by atoms with van der Waals surface area (Å²) in [6, 6.07) is 0. The Morgan fingerprint density at radius 3 is 2.64 bits per heavy atom. The molecule has 1 aliphatic carbocycles. The molecule has 1 saturated carbocycles. The number of hydrogen-bond donors (Lipinski definition) is 1. The normalized spacial score (nSPS) is 20.5. The average molecular weight is 194 g/mol. The second-order valence-electron chi connectivity index (χ2n) is 4.69. The van der Waals surface area contributed by atoms with Crippen LogP contribution in [0.1, 0.15) is 33.1 Å². The molecule has 0 amide bonds. The fraction of sp³-hybridized carbons (Fsp3) is 0.833. The largest absolute Gasteiger partial charge is 0.324 e. The lowest BCUT2D eigenvalue weighted by molar-refractivity contribution is 0.222. The van der Waals surface area contributed by atoms with Gasteiger partial charge in [0.1, 0.15) is 0 Å². The monoisotopic (exact) mass is 194 g/mol. The molecule has 0 aromatic carbocycles. The molecule has 1 rings (SSSR count). The maximum absolute atomic E-state index is 6.27. The third kappa shape index (κ3) is 3.32. The molecule has 1 atom stereocenters. The summed E-state index contributed by atoms with van der Waals surface area (Å²) in [4.78, 5) is 2.29. The highest BCUT2D eigenvalue weighted by molar-refractivity contribution is 4.99. The van der Waals surface area contributed by atoms with Gasteiger partial charge in [0.25, 0.3) is 0 Å². The number of nitrogens with zero attached hydrogens (tertiary/aromatic N) is 1. The van der Waals surface area contributed by atoms with E-state index >= 15 is 0 Å². The molecule has 0 bridgehead atoms. The molecule has 0 aliphatic heterocycles. The minimum Gasteiger partial charge on any atom is -0.324 e.